The molecule has 0 saturated heterocycles. The van der Waals surface area contributed by atoms with Gasteiger partial charge in [-0.1, -0.05) is 0 Å². The van der Waals surface area contributed by atoms with E-state index in [0.29, 0.717) is 11.1 Å². The molecular formula is C17H12ClF6N5O2. The molecule has 0 bridgehead atoms. The Kier molecular flexibility index (Phi) is 8.07. The normalized spacial score (nSPS) is 12.1. The molecule has 0 spiro atoms. The highest BCUT2D eigenvalue weighted by Gasteiger charge is 2.31. The lowest BCUT2D eigenvalue weighted by Gasteiger charge is -2.08. The number of hydrogen-bond donors (Lipinski definition) is 2. The van der Waals surface area contributed by atoms with E-state index in [1.54, 1.807) is 0 Å². The highest BCUT2D eigenvalue weighted by atomic mass is 35.5. The van der Waals surface area contributed by atoms with Crippen molar-refractivity contribution in [2.45, 2.75) is 12.7 Å². The van der Waals surface area contributed by atoms with E-state index in [9.17, 15) is 26.3 Å². The average Bonchev–Trinajstić information content (AvgIpc) is 2.67. The molecule has 2 N–H and O–H groups in total. The Morgan fingerprint density at radius 3 is 1.35 bits per heavy atom. The van der Waals surface area contributed by atoms with Crippen molar-refractivity contribution in [3.63, 3.8) is 0 Å². The van der Waals surface area contributed by atoms with E-state index in [1.807, 2.05) is 0 Å². The molecule has 166 valence electrons. The van der Waals surface area contributed by atoms with E-state index in [1.165, 1.54) is 36.7 Å². The molecule has 0 aliphatic carbocycles. The van der Waals surface area contributed by atoms with Crippen LogP contribution in [-0.4, -0.2) is 31.1 Å². The number of ether oxygens (including phenoxy) is 2. The van der Waals surface area contributed by atoms with Crippen LogP contribution in [0.3, 0.4) is 0 Å². The maximum absolute atomic E-state index is 12.1. The molecule has 0 aliphatic heterocycles. The Morgan fingerprint density at radius 2 is 1.06 bits per heavy atom. The van der Waals surface area contributed by atoms with Crippen LogP contribution < -0.4 is 20.3 Å². The van der Waals surface area contributed by atoms with Crippen molar-refractivity contribution < 1.29 is 35.8 Å². The van der Waals surface area contributed by atoms with Gasteiger partial charge < -0.3 is 9.47 Å². The van der Waals surface area contributed by atoms with Gasteiger partial charge in [0.15, 0.2) is 0 Å². The fourth-order valence-corrected chi connectivity index (χ4v) is 1.99. The Labute approximate surface area is 176 Å². The fraction of sp³-hybridized carbons (Fsp3) is 0.118. The predicted molar refractivity (Wildman–Crippen MR) is 101 cm³/mol. The fourth-order valence-electron chi connectivity index (χ4n) is 1.91. The third-order valence-electron chi connectivity index (χ3n) is 3.08. The molecule has 14 heteroatoms. The van der Waals surface area contributed by atoms with Crippen LogP contribution in [0.5, 0.6) is 11.5 Å². The molecule has 0 fully saturated rings. The number of hydrogen-bond acceptors (Lipinski definition) is 5. The van der Waals surface area contributed by atoms with Crippen LogP contribution in [0.15, 0.2) is 63.2 Å². The van der Waals surface area contributed by atoms with E-state index in [4.69, 9.17) is 11.8 Å². The average molecular weight is 468 g/mol. The number of hydrazone groups is 2. The molecule has 0 atom stereocenters. The summed E-state index contributed by atoms with van der Waals surface area (Å²) in [5.74, 6) is -0.868. The van der Waals surface area contributed by atoms with Gasteiger partial charge in [-0.2, -0.15) is 10.2 Å². The summed E-state index contributed by atoms with van der Waals surface area (Å²) in [4.78, 5) is 0. The molecule has 0 unspecified atom stereocenters. The van der Waals surface area contributed by atoms with Gasteiger partial charge in [-0.3, -0.25) is 0 Å². The summed E-state index contributed by atoms with van der Waals surface area (Å²) in [6, 6.07) is 9.78. The minimum atomic E-state index is -4.78. The number of alkyl halides is 6. The van der Waals surface area contributed by atoms with Crippen LogP contribution >= 0.6 is 11.8 Å². The SMILES string of the molecule is FC(F)(F)Oc1ccc(/C=N/NC(=NCl)N/N=C/c2ccc(OC(F)(F)F)cc2)cc1. The number of nitrogens with one attached hydrogen (secondary N) is 2. The third kappa shape index (κ3) is 9.71. The molecule has 0 aromatic heterocycles. The zero-order valence-electron chi connectivity index (χ0n) is 15.1. The Morgan fingerprint density at radius 1 is 0.710 bits per heavy atom. The highest BCUT2D eigenvalue weighted by molar-refractivity contribution is 6.19. The van der Waals surface area contributed by atoms with Gasteiger partial charge in [-0.25, -0.2) is 10.9 Å². The summed E-state index contributed by atoms with van der Waals surface area (Å²) in [7, 11) is 0. The molecule has 0 aliphatic rings. The van der Waals surface area contributed by atoms with Crippen molar-refractivity contribution in [2.75, 3.05) is 0 Å². The molecule has 2 rings (SSSR count). The lowest BCUT2D eigenvalue weighted by atomic mass is 10.2. The largest absolute Gasteiger partial charge is 0.573 e. The van der Waals surface area contributed by atoms with Crippen molar-refractivity contribution in [2.24, 2.45) is 14.7 Å². The zero-order chi connectivity index (χ0) is 22.9. The summed E-state index contributed by atoms with van der Waals surface area (Å²) >= 11 is 5.36. The molecule has 0 amide bonds. The van der Waals surface area contributed by atoms with Crippen molar-refractivity contribution in [1.82, 2.24) is 10.9 Å². The van der Waals surface area contributed by atoms with Gasteiger partial charge in [0.2, 0.25) is 5.96 Å². The number of nitrogens with zero attached hydrogens (tertiary/aromatic N) is 3. The van der Waals surface area contributed by atoms with Gasteiger partial charge in [-0.15, -0.1) is 30.9 Å². The molecule has 0 heterocycles. The first kappa shape index (κ1) is 23.8. The second-order valence-corrected chi connectivity index (χ2v) is 5.58. The predicted octanol–water partition coefficient (Wildman–Crippen LogP) is 4.54. The summed E-state index contributed by atoms with van der Waals surface area (Å²) in [5, 5.41) is 7.55. The number of rotatable bonds is 6. The van der Waals surface area contributed by atoms with Gasteiger partial charge in [0.05, 0.1) is 12.4 Å². The van der Waals surface area contributed by atoms with Gasteiger partial charge in [0.25, 0.3) is 0 Å². The first-order valence-corrected chi connectivity index (χ1v) is 8.36. The van der Waals surface area contributed by atoms with E-state index >= 15 is 0 Å². The van der Waals surface area contributed by atoms with Gasteiger partial charge in [-0.05, 0) is 59.7 Å². The monoisotopic (exact) mass is 467 g/mol. The minimum absolute atomic E-state index is 0.108. The molecule has 0 radical (unpaired) electrons. The Hall–Kier alpha value is -3.48. The highest BCUT2D eigenvalue weighted by Crippen LogP contribution is 2.23. The quantitative estimate of drug-likeness (QED) is 0.283. The second kappa shape index (κ2) is 10.5. The van der Waals surface area contributed by atoms with Crippen molar-refractivity contribution in [3.05, 3.63) is 59.7 Å². The van der Waals surface area contributed by atoms with Crippen LogP contribution in [0.1, 0.15) is 11.1 Å². The smallest absolute Gasteiger partial charge is 0.406 e. The molecular weight excluding hydrogens is 456 g/mol. The molecule has 31 heavy (non-hydrogen) atoms. The van der Waals surface area contributed by atoms with E-state index in [0.717, 1.165) is 24.3 Å². The topological polar surface area (TPSA) is 79.6 Å². The summed E-state index contributed by atoms with van der Waals surface area (Å²) in [5.41, 5.74) is 5.69. The van der Waals surface area contributed by atoms with Gasteiger partial charge in [0.1, 0.15) is 11.5 Å². The van der Waals surface area contributed by atoms with Crippen molar-refractivity contribution in [1.29, 1.82) is 0 Å². The van der Waals surface area contributed by atoms with Crippen LogP contribution in [0.4, 0.5) is 26.3 Å². The third-order valence-corrected chi connectivity index (χ3v) is 3.25. The summed E-state index contributed by atoms with van der Waals surface area (Å²) in [6.07, 6.45) is -7.03. The maximum atomic E-state index is 12.1. The van der Waals surface area contributed by atoms with Crippen LogP contribution in [-0.2, 0) is 0 Å². The van der Waals surface area contributed by atoms with Crippen LogP contribution in [0.25, 0.3) is 0 Å². The maximum Gasteiger partial charge on any atom is 0.573 e. The Balaban J connectivity index is 1.84. The minimum Gasteiger partial charge on any atom is -0.406 e. The van der Waals surface area contributed by atoms with E-state index < -0.39 is 12.7 Å². The molecule has 0 saturated carbocycles. The van der Waals surface area contributed by atoms with E-state index in [-0.39, 0.29) is 17.5 Å². The number of benzene rings is 2. The number of guanidine groups is 1. The first-order valence-electron chi connectivity index (χ1n) is 8.03. The van der Waals surface area contributed by atoms with E-state index in [2.05, 4.69) is 35.0 Å². The second-order valence-electron chi connectivity index (χ2n) is 5.41. The first-order chi connectivity index (χ1) is 14.5. The lowest BCUT2D eigenvalue weighted by Crippen LogP contribution is -2.30. The van der Waals surface area contributed by atoms with Gasteiger partial charge in [0, 0.05) is 11.8 Å². The van der Waals surface area contributed by atoms with Crippen LogP contribution in [0, 0.1) is 0 Å². The molecule has 7 nitrogen and oxygen atoms in total. The van der Waals surface area contributed by atoms with Crippen molar-refractivity contribution in [3.8, 4) is 11.5 Å². The standard InChI is InChI=1S/C17H12ClF6N5O2/c18-27-15(28-25-9-11-1-5-13(6-2-11)30-16(19,20)21)29-26-10-12-3-7-14(8-4-12)31-17(22,23)24/h1-10H,(H2,27,28,29)/b25-9+,26-10+. The van der Waals surface area contributed by atoms with Gasteiger partial charge >= 0.3 is 12.7 Å². The lowest BCUT2D eigenvalue weighted by molar-refractivity contribution is -0.275. The number of halogens is 7. The Bertz CT molecular complexity index is 855. The summed E-state index contributed by atoms with van der Waals surface area (Å²) in [6.45, 7) is 0. The van der Waals surface area contributed by atoms with Crippen LogP contribution in [0.2, 0.25) is 0 Å². The molecule has 2 aromatic rings. The van der Waals surface area contributed by atoms with Crippen molar-refractivity contribution >= 4 is 30.2 Å². The zero-order valence-corrected chi connectivity index (χ0v) is 15.8. The summed E-state index contributed by atoms with van der Waals surface area (Å²) < 4.78 is 83.5. The molecule has 2 aromatic carbocycles.